The average Bonchev–Trinajstić information content (AvgIpc) is 0.811. The van der Waals surface area contributed by atoms with Gasteiger partial charge >= 0.3 is 27.5 Å². The van der Waals surface area contributed by atoms with Gasteiger partial charge in [0.1, 0.15) is 0 Å². The van der Waals surface area contributed by atoms with E-state index in [4.69, 9.17) is 11.7 Å². The van der Waals surface area contributed by atoms with Gasteiger partial charge in [-0.2, -0.15) is 0 Å². The fourth-order valence-corrected chi connectivity index (χ4v) is 0. The van der Waals surface area contributed by atoms with Crippen molar-refractivity contribution >= 4 is 0 Å². The predicted molar refractivity (Wildman–Crippen MR) is 12.7 cm³/mol. The molecule has 0 spiro atoms. The monoisotopic (exact) mass is 135 g/mol. The molecule has 0 rings (SSSR count). The Balaban J connectivity index is -0.0000000450. The average molecular weight is 135 g/mol. The third kappa shape index (κ3) is 872. The van der Waals surface area contributed by atoms with Gasteiger partial charge in [-0.15, -0.1) is 0 Å². The summed E-state index contributed by atoms with van der Waals surface area (Å²) < 4.78 is 25.7. The van der Waals surface area contributed by atoms with Crippen molar-refractivity contribution in [3.63, 3.8) is 0 Å². The van der Waals surface area contributed by atoms with E-state index in [2.05, 4.69) is 0 Å². The molecule has 0 heterocycles. The van der Waals surface area contributed by atoms with Crippen molar-refractivity contribution < 1.29 is 27.5 Å². The van der Waals surface area contributed by atoms with Crippen LogP contribution in [0.2, 0.25) is 0 Å². The van der Waals surface area contributed by atoms with Gasteiger partial charge in [-0.25, -0.2) is 0 Å². The van der Waals surface area contributed by atoms with Crippen molar-refractivity contribution in [2.45, 2.75) is 0 Å². The molecule has 0 aromatic rings. The Morgan fingerprint density at radius 2 is 1.17 bits per heavy atom. The topological polar surface area (TPSA) is 136 Å². The van der Waals surface area contributed by atoms with Crippen LogP contribution in [0.25, 0.3) is 0 Å². The third-order valence-electron chi connectivity index (χ3n) is 0. The fraction of sp³-hybridized carbons (Fsp3) is 0. The van der Waals surface area contributed by atoms with Gasteiger partial charge in [0.05, 0.1) is 0 Å². The third-order valence-corrected chi connectivity index (χ3v) is 0. The molecule has 6 heteroatoms. The molecule has 0 aromatic heterocycles. The molecule has 0 saturated carbocycles. The summed E-state index contributed by atoms with van der Waals surface area (Å²) in [5, 5.41) is 0. The summed E-state index contributed by atoms with van der Waals surface area (Å²) >= 11 is -3.94. The first kappa shape index (κ1) is 16.3. The number of quaternary nitrogens is 2. The van der Waals surface area contributed by atoms with E-state index >= 15 is 0 Å². The first-order chi connectivity index (χ1) is 1.73. The van der Waals surface area contributed by atoms with Gasteiger partial charge < -0.3 is 12.3 Å². The van der Waals surface area contributed by atoms with E-state index in [-0.39, 0.29) is 12.3 Å². The van der Waals surface area contributed by atoms with E-state index in [1.54, 1.807) is 0 Å². The second-order valence-corrected chi connectivity index (χ2v) is 0.922. The second-order valence-electron chi connectivity index (χ2n) is 0.224. The Hall–Kier alpha value is 0.224. The zero-order chi connectivity index (χ0) is 3.58. The van der Waals surface area contributed by atoms with Crippen LogP contribution < -0.4 is 20.4 Å². The molecule has 0 amide bonds. The molecule has 0 fully saturated rings. The molecule has 0 bridgehead atoms. The van der Waals surface area contributed by atoms with Crippen LogP contribution >= 0.6 is 0 Å². The van der Waals surface area contributed by atoms with Crippen LogP contribution in [0.3, 0.4) is 0 Å². The normalized spacial score (nSPS) is 4.33. The molecule has 0 unspecified atom stereocenters. The SMILES string of the molecule is [NH4+].[NH4+].[O]=[V]([O-])[O-]. The van der Waals surface area contributed by atoms with Crippen LogP contribution in [0.5, 0.6) is 0 Å². The molecule has 0 radical (unpaired) electrons. The Labute approximate surface area is 40.6 Å². The maximum atomic E-state index is 8.56. The standard InChI is InChI=1S/2H3N.3O.V/h2*1H3;;;;/q;;;2*-1;/p+2. The molecule has 0 saturated heterocycles. The van der Waals surface area contributed by atoms with Gasteiger partial charge in [0.25, 0.3) is 0 Å². The number of hydrogen-bond acceptors (Lipinski definition) is 3. The number of rotatable bonds is 0. The van der Waals surface area contributed by atoms with Gasteiger partial charge in [-0.1, -0.05) is 0 Å². The first-order valence-electron chi connectivity index (χ1n) is 0.548. The van der Waals surface area contributed by atoms with Gasteiger partial charge in [0.2, 0.25) is 0 Å². The summed E-state index contributed by atoms with van der Waals surface area (Å²) in [5.74, 6) is 0. The molecule has 5 nitrogen and oxygen atoms in total. The summed E-state index contributed by atoms with van der Waals surface area (Å²) in [6.07, 6.45) is 0. The summed E-state index contributed by atoms with van der Waals surface area (Å²) in [6.45, 7) is 0. The first-order valence-corrected chi connectivity index (χ1v) is 2.26. The van der Waals surface area contributed by atoms with E-state index in [1.807, 2.05) is 0 Å². The zero-order valence-corrected chi connectivity index (χ0v) is 5.07. The molecular weight excluding hydrogens is 127 g/mol. The van der Waals surface area contributed by atoms with Gasteiger partial charge in [0, 0.05) is 0 Å². The molecule has 6 heavy (non-hydrogen) atoms. The van der Waals surface area contributed by atoms with Gasteiger partial charge in [-0.3, -0.25) is 0 Å². The predicted octanol–water partition coefficient (Wildman–Crippen LogP) is -1.75. The van der Waals surface area contributed by atoms with Crippen molar-refractivity contribution in [1.29, 1.82) is 0 Å². The van der Waals surface area contributed by atoms with Crippen LogP contribution in [-0.2, 0) is 19.5 Å². The molecular formula is H8N2O3V. The Morgan fingerprint density at radius 1 is 1.17 bits per heavy atom. The van der Waals surface area contributed by atoms with Crippen molar-refractivity contribution in [3.05, 3.63) is 0 Å². The molecule has 0 aliphatic rings. The van der Waals surface area contributed by atoms with Crippen molar-refractivity contribution in [1.82, 2.24) is 12.3 Å². The molecule has 8 N–H and O–H groups in total. The summed E-state index contributed by atoms with van der Waals surface area (Å²) in [7, 11) is 0. The summed E-state index contributed by atoms with van der Waals surface area (Å²) in [5.41, 5.74) is 0. The van der Waals surface area contributed by atoms with Crippen molar-refractivity contribution in [3.8, 4) is 0 Å². The molecule has 0 aliphatic heterocycles. The minimum atomic E-state index is -3.94. The van der Waals surface area contributed by atoms with Crippen molar-refractivity contribution in [2.24, 2.45) is 0 Å². The second kappa shape index (κ2) is 8.97. The van der Waals surface area contributed by atoms with E-state index in [0.29, 0.717) is 0 Å². The minimum absolute atomic E-state index is 0. The van der Waals surface area contributed by atoms with Crippen LogP contribution in [0.4, 0.5) is 0 Å². The molecule has 0 aromatic carbocycles. The molecule has 41 valence electrons. The van der Waals surface area contributed by atoms with E-state index in [0.717, 1.165) is 0 Å². The Kier molecular flexibility index (Phi) is 24.4. The fourth-order valence-electron chi connectivity index (χ4n) is 0. The van der Waals surface area contributed by atoms with E-state index in [9.17, 15) is 0 Å². The van der Waals surface area contributed by atoms with E-state index in [1.165, 1.54) is 0 Å². The Bertz CT molecular complexity index is 31.8. The Morgan fingerprint density at radius 3 is 1.17 bits per heavy atom. The van der Waals surface area contributed by atoms with Crippen molar-refractivity contribution in [2.75, 3.05) is 0 Å². The van der Waals surface area contributed by atoms with Crippen LogP contribution in [0, 0.1) is 0 Å². The quantitative estimate of drug-likeness (QED) is 0.407. The van der Waals surface area contributed by atoms with Gasteiger partial charge in [-0.05, 0) is 0 Å². The van der Waals surface area contributed by atoms with Crippen LogP contribution in [0.15, 0.2) is 0 Å². The van der Waals surface area contributed by atoms with Gasteiger partial charge in [0.15, 0.2) is 0 Å². The number of hydrogen-bond donors (Lipinski definition) is 2. The summed E-state index contributed by atoms with van der Waals surface area (Å²) in [6, 6.07) is 0. The molecule has 0 atom stereocenters. The summed E-state index contributed by atoms with van der Waals surface area (Å²) in [4.78, 5) is 0. The van der Waals surface area contributed by atoms with E-state index < -0.39 is 15.8 Å². The maximum absolute atomic E-state index is 8.56. The van der Waals surface area contributed by atoms with Crippen LogP contribution in [0.1, 0.15) is 0 Å². The zero-order valence-electron chi connectivity index (χ0n) is 3.67. The molecule has 0 aliphatic carbocycles. The van der Waals surface area contributed by atoms with Crippen LogP contribution in [-0.4, -0.2) is 0 Å².